The zero-order chi connectivity index (χ0) is 16.0. The molecule has 2 unspecified atom stereocenters. The van der Waals surface area contributed by atoms with Gasteiger partial charge >= 0.3 is 0 Å². The third kappa shape index (κ3) is 5.35. The third-order valence-corrected chi connectivity index (χ3v) is 5.01. The average Bonchev–Trinajstić information content (AvgIpc) is 2.42. The molecule has 21 heavy (non-hydrogen) atoms. The van der Waals surface area contributed by atoms with Crippen LogP contribution in [0.1, 0.15) is 45.2 Å². The standard InChI is InChI=1S/C17H28BrFN2/c1-6-13(7-2)17(21(4)5)11-20-12(3)15-9-8-14(19)10-16(15)18/h8-10,12-13,17,20H,6-7,11H2,1-5H3. The minimum absolute atomic E-state index is 0.191. The van der Waals surface area contributed by atoms with Crippen molar-refractivity contribution in [2.75, 3.05) is 20.6 Å². The maximum Gasteiger partial charge on any atom is 0.124 e. The Hall–Kier alpha value is -0.450. The molecule has 0 spiro atoms. The van der Waals surface area contributed by atoms with Crippen molar-refractivity contribution in [1.82, 2.24) is 10.2 Å². The molecule has 2 atom stereocenters. The van der Waals surface area contributed by atoms with Gasteiger partial charge in [-0.25, -0.2) is 4.39 Å². The van der Waals surface area contributed by atoms with E-state index in [1.54, 1.807) is 0 Å². The molecule has 0 fully saturated rings. The lowest BCUT2D eigenvalue weighted by atomic mass is 9.93. The summed E-state index contributed by atoms with van der Waals surface area (Å²) in [5, 5.41) is 3.60. The fourth-order valence-electron chi connectivity index (χ4n) is 2.86. The van der Waals surface area contributed by atoms with E-state index in [-0.39, 0.29) is 11.9 Å². The molecule has 120 valence electrons. The molecule has 0 saturated carbocycles. The van der Waals surface area contributed by atoms with E-state index in [9.17, 15) is 4.39 Å². The van der Waals surface area contributed by atoms with Crippen LogP contribution < -0.4 is 5.32 Å². The summed E-state index contributed by atoms with van der Waals surface area (Å²) < 4.78 is 14.0. The highest BCUT2D eigenvalue weighted by Gasteiger charge is 2.21. The molecular formula is C17H28BrFN2. The Kier molecular flexibility index (Phi) is 7.85. The van der Waals surface area contributed by atoms with Crippen LogP contribution in [0.4, 0.5) is 4.39 Å². The van der Waals surface area contributed by atoms with Gasteiger partial charge < -0.3 is 10.2 Å². The van der Waals surface area contributed by atoms with Gasteiger partial charge in [-0.05, 0) is 44.6 Å². The van der Waals surface area contributed by atoms with E-state index in [0.717, 1.165) is 16.6 Å². The highest BCUT2D eigenvalue weighted by atomic mass is 79.9. The molecule has 0 saturated heterocycles. The third-order valence-electron chi connectivity index (χ3n) is 4.32. The second kappa shape index (κ2) is 8.86. The van der Waals surface area contributed by atoms with Crippen molar-refractivity contribution < 1.29 is 4.39 Å². The van der Waals surface area contributed by atoms with Gasteiger partial charge in [0, 0.05) is 23.1 Å². The van der Waals surface area contributed by atoms with Crippen LogP contribution in [-0.2, 0) is 0 Å². The molecule has 2 nitrogen and oxygen atoms in total. The van der Waals surface area contributed by atoms with Gasteiger partial charge in [-0.2, -0.15) is 0 Å². The smallest absolute Gasteiger partial charge is 0.124 e. The summed E-state index contributed by atoms with van der Waals surface area (Å²) in [6, 6.07) is 5.60. The second-order valence-corrected chi connectivity index (χ2v) is 6.76. The monoisotopic (exact) mass is 358 g/mol. The number of nitrogens with one attached hydrogen (secondary N) is 1. The molecule has 1 rings (SSSR count). The van der Waals surface area contributed by atoms with Crippen LogP contribution in [0.5, 0.6) is 0 Å². The van der Waals surface area contributed by atoms with Crippen LogP contribution >= 0.6 is 15.9 Å². The maximum absolute atomic E-state index is 13.2. The van der Waals surface area contributed by atoms with Crippen LogP contribution in [0.2, 0.25) is 0 Å². The Morgan fingerprint density at radius 1 is 1.24 bits per heavy atom. The molecule has 1 aromatic rings. The Morgan fingerprint density at radius 3 is 2.33 bits per heavy atom. The van der Waals surface area contributed by atoms with Gasteiger partial charge in [0.1, 0.15) is 5.82 Å². The van der Waals surface area contributed by atoms with Crippen molar-refractivity contribution in [3.8, 4) is 0 Å². The summed E-state index contributed by atoms with van der Waals surface area (Å²) in [6.07, 6.45) is 2.38. The Morgan fingerprint density at radius 2 is 1.86 bits per heavy atom. The summed E-state index contributed by atoms with van der Waals surface area (Å²) in [7, 11) is 4.28. The number of benzene rings is 1. The summed E-state index contributed by atoms with van der Waals surface area (Å²) in [4.78, 5) is 2.30. The lowest BCUT2D eigenvalue weighted by Gasteiger charge is -2.32. The maximum atomic E-state index is 13.2. The van der Waals surface area contributed by atoms with Crippen molar-refractivity contribution in [2.45, 2.75) is 45.7 Å². The lowest BCUT2D eigenvalue weighted by Crippen LogP contribution is -2.43. The van der Waals surface area contributed by atoms with Gasteiger partial charge in [-0.3, -0.25) is 0 Å². The van der Waals surface area contributed by atoms with E-state index in [4.69, 9.17) is 0 Å². The van der Waals surface area contributed by atoms with Gasteiger partial charge in [0.25, 0.3) is 0 Å². The normalized spacial score (nSPS) is 14.7. The molecule has 4 heteroatoms. The predicted molar refractivity (Wildman–Crippen MR) is 92.1 cm³/mol. The molecule has 0 amide bonds. The zero-order valence-corrected chi connectivity index (χ0v) is 15.4. The first kappa shape index (κ1) is 18.6. The van der Waals surface area contributed by atoms with Crippen LogP contribution in [-0.4, -0.2) is 31.6 Å². The first-order valence-corrected chi connectivity index (χ1v) is 8.54. The van der Waals surface area contributed by atoms with Crippen LogP contribution in [0, 0.1) is 11.7 Å². The quantitative estimate of drug-likeness (QED) is 0.730. The molecule has 0 radical (unpaired) electrons. The second-order valence-electron chi connectivity index (χ2n) is 5.90. The molecule has 0 bridgehead atoms. The van der Waals surface area contributed by atoms with Gasteiger partial charge in [0.05, 0.1) is 0 Å². The van der Waals surface area contributed by atoms with Crippen LogP contribution in [0.15, 0.2) is 22.7 Å². The number of likely N-dealkylation sites (N-methyl/N-ethyl adjacent to an activating group) is 1. The number of hydrogen-bond acceptors (Lipinski definition) is 2. The highest BCUT2D eigenvalue weighted by molar-refractivity contribution is 9.10. The number of rotatable bonds is 8. The van der Waals surface area contributed by atoms with E-state index < -0.39 is 0 Å². The topological polar surface area (TPSA) is 15.3 Å². The number of halogens is 2. The highest BCUT2D eigenvalue weighted by Crippen LogP contribution is 2.25. The fourth-order valence-corrected chi connectivity index (χ4v) is 3.56. The summed E-state index contributed by atoms with van der Waals surface area (Å²) >= 11 is 3.45. The minimum Gasteiger partial charge on any atom is -0.309 e. The lowest BCUT2D eigenvalue weighted by molar-refractivity contribution is 0.190. The van der Waals surface area contributed by atoms with E-state index in [0.29, 0.717) is 12.0 Å². The van der Waals surface area contributed by atoms with Gasteiger partial charge in [0.2, 0.25) is 0 Å². The molecule has 1 N–H and O–H groups in total. The predicted octanol–water partition coefficient (Wildman–Crippen LogP) is 4.61. The largest absolute Gasteiger partial charge is 0.309 e. The van der Waals surface area contributed by atoms with Crippen molar-refractivity contribution in [2.24, 2.45) is 5.92 Å². The van der Waals surface area contributed by atoms with Gasteiger partial charge in [0.15, 0.2) is 0 Å². The van der Waals surface area contributed by atoms with E-state index in [1.807, 2.05) is 6.07 Å². The molecule has 0 aliphatic rings. The first-order chi connectivity index (χ1) is 9.90. The van der Waals surface area contributed by atoms with Gasteiger partial charge in [-0.15, -0.1) is 0 Å². The number of hydrogen-bond donors (Lipinski definition) is 1. The molecule has 0 aliphatic heterocycles. The summed E-state index contributed by atoms with van der Waals surface area (Å²) in [5.41, 5.74) is 1.10. The minimum atomic E-state index is -0.207. The Balaban J connectivity index is 2.71. The number of nitrogens with zero attached hydrogens (tertiary/aromatic N) is 1. The van der Waals surface area contributed by atoms with Crippen molar-refractivity contribution in [1.29, 1.82) is 0 Å². The molecule has 0 aromatic heterocycles. The molecule has 1 aromatic carbocycles. The fraction of sp³-hybridized carbons (Fsp3) is 0.647. The summed E-state index contributed by atoms with van der Waals surface area (Å²) in [6.45, 7) is 7.57. The van der Waals surface area contributed by atoms with Crippen LogP contribution in [0.3, 0.4) is 0 Å². The van der Waals surface area contributed by atoms with Gasteiger partial charge in [-0.1, -0.05) is 48.7 Å². The molecule has 0 aliphatic carbocycles. The first-order valence-electron chi connectivity index (χ1n) is 7.75. The van der Waals surface area contributed by atoms with Crippen molar-refractivity contribution in [3.05, 3.63) is 34.1 Å². The Labute approximate surface area is 137 Å². The van der Waals surface area contributed by atoms with Crippen LogP contribution in [0.25, 0.3) is 0 Å². The summed E-state index contributed by atoms with van der Waals surface area (Å²) in [5.74, 6) is 0.484. The van der Waals surface area contributed by atoms with Crippen molar-refractivity contribution >= 4 is 15.9 Å². The van der Waals surface area contributed by atoms with E-state index in [1.165, 1.54) is 25.0 Å². The molecule has 0 heterocycles. The van der Waals surface area contributed by atoms with E-state index >= 15 is 0 Å². The SMILES string of the molecule is CCC(CC)C(CNC(C)c1ccc(F)cc1Br)N(C)C. The van der Waals surface area contributed by atoms with E-state index in [2.05, 4.69) is 61.0 Å². The molecular weight excluding hydrogens is 331 g/mol. The van der Waals surface area contributed by atoms with Crippen molar-refractivity contribution in [3.63, 3.8) is 0 Å². The average molecular weight is 359 g/mol. The Bertz CT molecular complexity index is 433. The zero-order valence-electron chi connectivity index (χ0n) is 13.8.